The normalized spacial score (nSPS) is 12.6. The minimum atomic E-state index is -0.838. The monoisotopic (exact) mass is 974 g/mol. The summed E-state index contributed by atoms with van der Waals surface area (Å²) in [5.74, 6) is -0.0437. The summed E-state index contributed by atoms with van der Waals surface area (Å²) in [6.07, 6.45) is 71.4. The van der Waals surface area contributed by atoms with Crippen LogP contribution in [0.25, 0.3) is 0 Å². The number of esters is 1. The Balaban J connectivity index is 3.30. The molecule has 410 valence electrons. The standard InChI is InChI=1S/C63H123NO5/c1-3-5-7-9-11-13-14-33-37-41-45-49-53-57-63(68)69-58-54-50-46-42-38-35-32-30-28-26-24-22-20-18-16-15-17-19-21-23-25-27-29-31-34-36-40-44-48-52-56-62(67)64-60(59-65)61(66)55-51-47-43-39-12-10-8-6-4-2/h51,55,60-61,65-66H,3-50,52-54,56-59H2,1-2H3,(H,64,67)/b55-51+. The van der Waals surface area contributed by atoms with Crippen molar-refractivity contribution >= 4 is 11.9 Å². The van der Waals surface area contributed by atoms with E-state index in [0.29, 0.717) is 19.4 Å². The molecule has 0 aliphatic rings. The van der Waals surface area contributed by atoms with Crippen LogP contribution in [0.15, 0.2) is 12.2 Å². The summed E-state index contributed by atoms with van der Waals surface area (Å²) in [7, 11) is 0. The van der Waals surface area contributed by atoms with Crippen molar-refractivity contribution in [1.82, 2.24) is 5.32 Å². The zero-order valence-corrected chi connectivity index (χ0v) is 46.8. The maximum Gasteiger partial charge on any atom is 0.305 e. The zero-order valence-electron chi connectivity index (χ0n) is 46.8. The zero-order chi connectivity index (χ0) is 50.0. The van der Waals surface area contributed by atoms with Gasteiger partial charge in [-0.1, -0.05) is 321 Å². The van der Waals surface area contributed by atoms with Crippen molar-refractivity contribution in [2.75, 3.05) is 13.2 Å². The van der Waals surface area contributed by atoms with Gasteiger partial charge >= 0.3 is 5.97 Å². The molecule has 0 aliphatic carbocycles. The van der Waals surface area contributed by atoms with Crippen molar-refractivity contribution in [2.45, 2.75) is 366 Å². The Labute approximate surface area is 431 Å². The van der Waals surface area contributed by atoms with Crippen molar-refractivity contribution in [2.24, 2.45) is 0 Å². The first-order valence-electron chi connectivity index (χ1n) is 31.5. The molecule has 69 heavy (non-hydrogen) atoms. The molecule has 0 radical (unpaired) electrons. The van der Waals surface area contributed by atoms with E-state index < -0.39 is 12.1 Å². The minimum Gasteiger partial charge on any atom is -0.466 e. The molecule has 0 bridgehead atoms. The third kappa shape index (κ3) is 55.8. The van der Waals surface area contributed by atoms with Gasteiger partial charge in [-0.25, -0.2) is 0 Å². The van der Waals surface area contributed by atoms with Gasteiger partial charge in [-0.3, -0.25) is 9.59 Å². The van der Waals surface area contributed by atoms with Crippen LogP contribution in [0.2, 0.25) is 0 Å². The third-order valence-corrected chi connectivity index (χ3v) is 14.8. The van der Waals surface area contributed by atoms with Gasteiger partial charge in [0.25, 0.3) is 0 Å². The molecule has 1 amide bonds. The van der Waals surface area contributed by atoms with E-state index >= 15 is 0 Å². The number of hydrogen-bond donors (Lipinski definition) is 3. The summed E-state index contributed by atoms with van der Waals surface area (Å²) in [5, 5.41) is 23.0. The summed E-state index contributed by atoms with van der Waals surface area (Å²) in [6.45, 7) is 4.90. The lowest BCUT2D eigenvalue weighted by molar-refractivity contribution is -0.143. The first-order valence-corrected chi connectivity index (χ1v) is 31.5. The number of ether oxygens (including phenoxy) is 1. The van der Waals surface area contributed by atoms with E-state index in [1.807, 2.05) is 6.08 Å². The van der Waals surface area contributed by atoms with Crippen molar-refractivity contribution in [3.8, 4) is 0 Å². The predicted molar refractivity (Wildman–Crippen MR) is 301 cm³/mol. The van der Waals surface area contributed by atoms with Crippen LogP contribution < -0.4 is 5.32 Å². The molecular weight excluding hydrogens is 851 g/mol. The van der Waals surface area contributed by atoms with Gasteiger partial charge in [-0.15, -0.1) is 0 Å². The number of nitrogens with one attached hydrogen (secondary N) is 1. The molecule has 3 N–H and O–H groups in total. The van der Waals surface area contributed by atoms with Gasteiger partial charge < -0.3 is 20.3 Å². The number of unbranched alkanes of at least 4 members (excludes halogenated alkanes) is 48. The van der Waals surface area contributed by atoms with E-state index in [-0.39, 0.29) is 18.5 Å². The molecule has 2 atom stereocenters. The molecule has 0 saturated carbocycles. The molecular formula is C63H123NO5. The lowest BCUT2D eigenvalue weighted by atomic mass is 10.0. The van der Waals surface area contributed by atoms with Crippen LogP contribution in [0.3, 0.4) is 0 Å². The van der Waals surface area contributed by atoms with Gasteiger partial charge in [0.05, 0.1) is 25.4 Å². The van der Waals surface area contributed by atoms with Crippen LogP contribution in [-0.2, 0) is 14.3 Å². The highest BCUT2D eigenvalue weighted by Crippen LogP contribution is 2.18. The molecule has 0 aromatic rings. The molecule has 0 spiro atoms. The van der Waals surface area contributed by atoms with Crippen LogP contribution in [-0.4, -0.2) is 47.4 Å². The van der Waals surface area contributed by atoms with Gasteiger partial charge in [-0.2, -0.15) is 0 Å². The van der Waals surface area contributed by atoms with Crippen LogP contribution in [0, 0.1) is 0 Å². The second kappa shape index (κ2) is 59.2. The lowest BCUT2D eigenvalue weighted by Crippen LogP contribution is -2.45. The number of amides is 1. The van der Waals surface area contributed by atoms with Crippen molar-refractivity contribution in [1.29, 1.82) is 0 Å². The first-order chi connectivity index (χ1) is 34.0. The number of rotatable bonds is 59. The second-order valence-corrected chi connectivity index (χ2v) is 21.8. The van der Waals surface area contributed by atoms with Gasteiger partial charge in [0.1, 0.15) is 0 Å². The van der Waals surface area contributed by atoms with E-state index in [1.165, 1.54) is 289 Å². The third-order valence-electron chi connectivity index (χ3n) is 14.8. The highest BCUT2D eigenvalue weighted by molar-refractivity contribution is 5.76. The van der Waals surface area contributed by atoms with E-state index in [0.717, 1.165) is 38.5 Å². The Morgan fingerprint density at radius 1 is 0.391 bits per heavy atom. The SMILES string of the molecule is CCCCCCCCC/C=C/C(O)C(CO)NC(=O)CCCCCCCCCCCCCCCCCCCCCCCCCCCCCCCCOC(=O)CCCCCCCCCCCCCCC. The van der Waals surface area contributed by atoms with Gasteiger partial charge in [0.15, 0.2) is 0 Å². The molecule has 2 unspecified atom stereocenters. The molecule has 0 aromatic carbocycles. The highest BCUT2D eigenvalue weighted by Gasteiger charge is 2.18. The molecule has 0 fully saturated rings. The topological polar surface area (TPSA) is 95.9 Å². The fourth-order valence-corrected chi connectivity index (χ4v) is 9.99. The average Bonchev–Trinajstić information content (AvgIpc) is 3.35. The van der Waals surface area contributed by atoms with Gasteiger partial charge in [-0.05, 0) is 32.1 Å². The van der Waals surface area contributed by atoms with Crippen LogP contribution in [0.4, 0.5) is 0 Å². The van der Waals surface area contributed by atoms with Crippen LogP contribution in [0.5, 0.6) is 0 Å². The average molecular weight is 975 g/mol. The fourth-order valence-electron chi connectivity index (χ4n) is 9.99. The number of aliphatic hydroxyl groups excluding tert-OH is 2. The highest BCUT2D eigenvalue weighted by atomic mass is 16.5. The summed E-state index contributed by atoms with van der Waals surface area (Å²) in [5.41, 5.74) is 0. The second-order valence-electron chi connectivity index (χ2n) is 21.8. The van der Waals surface area contributed by atoms with Crippen LogP contribution >= 0.6 is 0 Å². The van der Waals surface area contributed by atoms with E-state index in [9.17, 15) is 19.8 Å². The Bertz CT molecular complexity index is 1030. The lowest BCUT2D eigenvalue weighted by Gasteiger charge is -2.20. The van der Waals surface area contributed by atoms with E-state index in [2.05, 4.69) is 19.2 Å². The minimum absolute atomic E-state index is 0.0217. The molecule has 6 nitrogen and oxygen atoms in total. The maximum atomic E-state index is 12.4. The Morgan fingerprint density at radius 2 is 0.667 bits per heavy atom. The van der Waals surface area contributed by atoms with Crippen molar-refractivity contribution in [3.05, 3.63) is 12.2 Å². The largest absolute Gasteiger partial charge is 0.466 e. The fraction of sp³-hybridized carbons (Fsp3) is 0.937. The summed E-state index contributed by atoms with van der Waals surface area (Å²) < 4.78 is 5.49. The first kappa shape index (κ1) is 67.6. The number of carbonyl (C=O) groups excluding carboxylic acids is 2. The maximum absolute atomic E-state index is 12.4. The molecule has 0 rings (SSSR count). The van der Waals surface area contributed by atoms with Gasteiger partial charge in [0.2, 0.25) is 5.91 Å². The number of allylic oxidation sites excluding steroid dienone is 1. The van der Waals surface area contributed by atoms with E-state index in [4.69, 9.17) is 4.74 Å². The number of hydrogen-bond acceptors (Lipinski definition) is 5. The summed E-state index contributed by atoms with van der Waals surface area (Å²) in [6, 6.07) is -0.621. The van der Waals surface area contributed by atoms with Crippen molar-refractivity contribution in [3.63, 3.8) is 0 Å². The summed E-state index contributed by atoms with van der Waals surface area (Å²) in [4.78, 5) is 24.4. The molecule has 6 heteroatoms. The molecule has 0 aliphatic heterocycles. The van der Waals surface area contributed by atoms with Gasteiger partial charge in [0, 0.05) is 12.8 Å². The number of aliphatic hydroxyl groups is 2. The predicted octanol–water partition coefficient (Wildman–Crippen LogP) is 19.6. The Kier molecular flexibility index (Phi) is 58.0. The summed E-state index contributed by atoms with van der Waals surface area (Å²) >= 11 is 0. The molecule has 0 aromatic heterocycles. The van der Waals surface area contributed by atoms with E-state index in [1.54, 1.807) is 6.08 Å². The van der Waals surface area contributed by atoms with Crippen molar-refractivity contribution < 1.29 is 24.5 Å². The Hall–Kier alpha value is -1.40. The molecule has 0 saturated heterocycles. The quantitative estimate of drug-likeness (QED) is 0.0321. The smallest absolute Gasteiger partial charge is 0.305 e. The Morgan fingerprint density at radius 3 is 0.986 bits per heavy atom. The van der Waals surface area contributed by atoms with Crippen LogP contribution in [0.1, 0.15) is 354 Å². The number of carbonyl (C=O) groups is 2. The molecule has 0 heterocycles.